The molecule has 7 nitrogen and oxygen atoms in total. The summed E-state index contributed by atoms with van der Waals surface area (Å²) in [6, 6.07) is 8.81. The lowest BCUT2D eigenvalue weighted by molar-refractivity contribution is -0.120. The predicted molar refractivity (Wildman–Crippen MR) is 109 cm³/mol. The number of hydrogen-bond donors (Lipinski definition) is 1. The molecular formula is C19H18Cl2N6O. The van der Waals surface area contributed by atoms with Gasteiger partial charge in [-0.05, 0) is 43.2 Å². The standard InChI is InChI=1S/C19H18Cl2N6O/c20-14-8-15(21)10-16(9-14)23-19(28)13-2-1-6-26(11-13)17-3-4-18(25-24-17)27-7-5-22-12-27/h3-5,7-10,12-13H,1-2,6,11H2,(H,23,28). The number of halogens is 2. The third-order valence-electron chi connectivity index (χ3n) is 4.65. The largest absolute Gasteiger partial charge is 0.354 e. The van der Waals surface area contributed by atoms with Gasteiger partial charge in [0.15, 0.2) is 11.6 Å². The lowest BCUT2D eigenvalue weighted by Crippen LogP contribution is -2.41. The molecule has 3 aromatic rings. The smallest absolute Gasteiger partial charge is 0.229 e. The molecule has 1 N–H and O–H groups in total. The summed E-state index contributed by atoms with van der Waals surface area (Å²) < 4.78 is 1.79. The Labute approximate surface area is 172 Å². The Balaban J connectivity index is 1.43. The molecule has 0 spiro atoms. The van der Waals surface area contributed by atoms with E-state index in [1.165, 1.54) is 0 Å². The van der Waals surface area contributed by atoms with E-state index in [1.807, 2.05) is 18.3 Å². The van der Waals surface area contributed by atoms with Gasteiger partial charge in [-0.2, -0.15) is 0 Å². The van der Waals surface area contributed by atoms with Crippen molar-refractivity contribution in [1.82, 2.24) is 19.7 Å². The topological polar surface area (TPSA) is 75.9 Å². The average molecular weight is 417 g/mol. The summed E-state index contributed by atoms with van der Waals surface area (Å²) >= 11 is 12.0. The van der Waals surface area contributed by atoms with Gasteiger partial charge < -0.3 is 10.2 Å². The van der Waals surface area contributed by atoms with E-state index in [4.69, 9.17) is 23.2 Å². The highest BCUT2D eigenvalue weighted by Gasteiger charge is 2.27. The maximum atomic E-state index is 12.7. The summed E-state index contributed by atoms with van der Waals surface area (Å²) in [7, 11) is 0. The number of carbonyl (C=O) groups is 1. The molecule has 4 rings (SSSR count). The van der Waals surface area contributed by atoms with Crippen molar-refractivity contribution in [1.29, 1.82) is 0 Å². The van der Waals surface area contributed by atoms with E-state index in [9.17, 15) is 4.79 Å². The Kier molecular flexibility index (Phi) is 5.45. The van der Waals surface area contributed by atoms with Gasteiger partial charge in [-0.25, -0.2) is 4.98 Å². The van der Waals surface area contributed by atoms with Crippen molar-refractivity contribution in [2.45, 2.75) is 12.8 Å². The minimum absolute atomic E-state index is 0.0500. The van der Waals surface area contributed by atoms with E-state index in [2.05, 4.69) is 25.4 Å². The summed E-state index contributed by atoms with van der Waals surface area (Å²) in [5.41, 5.74) is 0.601. The number of nitrogens with one attached hydrogen (secondary N) is 1. The number of rotatable bonds is 4. The fourth-order valence-electron chi connectivity index (χ4n) is 3.29. The molecule has 2 aromatic heterocycles. The zero-order valence-corrected chi connectivity index (χ0v) is 16.4. The van der Waals surface area contributed by atoms with Crippen LogP contribution in [0.1, 0.15) is 12.8 Å². The van der Waals surface area contributed by atoms with Crippen LogP contribution in [0.4, 0.5) is 11.5 Å². The first-order valence-corrected chi connectivity index (χ1v) is 9.68. The van der Waals surface area contributed by atoms with E-state index in [0.29, 0.717) is 28.1 Å². The number of benzene rings is 1. The Morgan fingerprint density at radius 1 is 1.11 bits per heavy atom. The van der Waals surface area contributed by atoms with Crippen LogP contribution < -0.4 is 10.2 Å². The molecule has 1 aromatic carbocycles. The lowest BCUT2D eigenvalue weighted by Gasteiger charge is -2.32. The SMILES string of the molecule is O=C(Nc1cc(Cl)cc(Cl)c1)C1CCCN(c2ccc(-n3ccnc3)nn2)C1. The van der Waals surface area contributed by atoms with Crippen LogP contribution in [0.3, 0.4) is 0 Å². The number of carbonyl (C=O) groups excluding carboxylic acids is 1. The van der Waals surface area contributed by atoms with Crippen LogP contribution in [0.5, 0.6) is 0 Å². The van der Waals surface area contributed by atoms with Gasteiger partial charge in [-0.1, -0.05) is 23.2 Å². The number of anilines is 2. The summed E-state index contributed by atoms with van der Waals surface area (Å²) in [4.78, 5) is 18.8. The zero-order valence-electron chi connectivity index (χ0n) is 14.9. The minimum Gasteiger partial charge on any atom is -0.354 e. The van der Waals surface area contributed by atoms with Crippen molar-refractivity contribution in [3.05, 3.63) is 59.1 Å². The molecule has 144 valence electrons. The fraction of sp³-hybridized carbons (Fsp3) is 0.263. The average Bonchev–Trinajstić information content (AvgIpc) is 3.22. The summed E-state index contributed by atoms with van der Waals surface area (Å²) in [5.74, 6) is 1.25. The second kappa shape index (κ2) is 8.16. The van der Waals surface area contributed by atoms with E-state index < -0.39 is 0 Å². The molecule has 0 aliphatic carbocycles. The third kappa shape index (κ3) is 4.26. The van der Waals surface area contributed by atoms with Crippen molar-refractivity contribution < 1.29 is 4.79 Å². The van der Waals surface area contributed by atoms with Crippen LogP contribution in [0.2, 0.25) is 10.0 Å². The van der Waals surface area contributed by atoms with Crippen molar-refractivity contribution >= 4 is 40.6 Å². The Morgan fingerprint density at radius 2 is 1.86 bits per heavy atom. The number of amides is 1. The summed E-state index contributed by atoms with van der Waals surface area (Å²) in [6.45, 7) is 1.42. The second-order valence-electron chi connectivity index (χ2n) is 6.65. The predicted octanol–water partition coefficient (Wildman–Crippen LogP) is 3.82. The summed E-state index contributed by atoms with van der Waals surface area (Å²) in [5, 5.41) is 12.5. The van der Waals surface area contributed by atoms with Crippen molar-refractivity contribution in [2.75, 3.05) is 23.3 Å². The number of nitrogens with zero attached hydrogens (tertiary/aromatic N) is 5. The first-order chi connectivity index (χ1) is 13.6. The van der Waals surface area contributed by atoms with Gasteiger partial charge >= 0.3 is 0 Å². The van der Waals surface area contributed by atoms with E-state index in [1.54, 1.807) is 35.3 Å². The Hall–Kier alpha value is -2.64. The molecule has 1 amide bonds. The monoisotopic (exact) mass is 416 g/mol. The molecular weight excluding hydrogens is 399 g/mol. The number of piperidine rings is 1. The maximum Gasteiger partial charge on any atom is 0.229 e. The highest BCUT2D eigenvalue weighted by atomic mass is 35.5. The van der Waals surface area contributed by atoms with Crippen LogP contribution in [-0.2, 0) is 4.79 Å². The molecule has 28 heavy (non-hydrogen) atoms. The van der Waals surface area contributed by atoms with Gasteiger partial charge in [-0.3, -0.25) is 9.36 Å². The summed E-state index contributed by atoms with van der Waals surface area (Å²) in [6.07, 6.45) is 6.90. The Morgan fingerprint density at radius 3 is 2.54 bits per heavy atom. The molecule has 0 radical (unpaired) electrons. The van der Waals surface area contributed by atoms with Crippen molar-refractivity contribution in [3.8, 4) is 5.82 Å². The van der Waals surface area contributed by atoms with Gasteiger partial charge in [0.2, 0.25) is 5.91 Å². The molecule has 0 bridgehead atoms. The molecule has 1 atom stereocenters. The van der Waals surface area contributed by atoms with E-state index >= 15 is 0 Å². The minimum atomic E-state index is -0.151. The fourth-order valence-corrected chi connectivity index (χ4v) is 3.81. The first-order valence-electron chi connectivity index (χ1n) is 8.92. The molecule has 0 saturated carbocycles. The first kappa shape index (κ1) is 18.7. The highest BCUT2D eigenvalue weighted by Crippen LogP contribution is 2.25. The second-order valence-corrected chi connectivity index (χ2v) is 7.53. The van der Waals surface area contributed by atoms with Crippen LogP contribution in [-0.4, -0.2) is 38.7 Å². The highest BCUT2D eigenvalue weighted by molar-refractivity contribution is 6.35. The van der Waals surface area contributed by atoms with Gasteiger partial charge in [0.1, 0.15) is 6.33 Å². The van der Waals surface area contributed by atoms with Gasteiger partial charge in [-0.15, -0.1) is 10.2 Å². The van der Waals surface area contributed by atoms with Gasteiger partial charge in [0, 0.05) is 41.2 Å². The quantitative estimate of drug-likeness (QED) is 0.699. The van der Waals surface area contributed by atoms with Crippen molar-refractivity contribution in [2.24, 2.45) is 5.92 Å². The number of aromatic nitrogens is 4. The zero-order chi connectivity index (χ0) is 19.5. The molecule has 9 heteroatoms. The molecule has 1 aliphatic heterocycles. The van der Waals surface area contributed by atoms with Crippen LogP contribution in [0, 0.1) is 5.92 Å². The number of imidazole rings is 1. The Bertz CT molecular complexity index is 941. The molecule has 1 unspecified atom stereocenters. The van der Waals surface area contributed by atoms with E-state index in [0.717, 1.165) is 25.2 Å². The van der Waals surface area contributed by atoms with Crippen LogP contribution in [0.25, 0.3) is 5.82 Å². The lowest BCUT2D eigenvalue weighted by atomic mass is 9.97. The van der Waals surface area contributed by atoms with Crippen molar-refractivity contribution in [3.63, 3.8) is 0 Å². The maximum absolute atomic E-state index is 12.7. The normalized spacial score (nSPS) is 16.8. The van der Waals surface area contributed by atoms with Gasteiger partial charge in [0.25, 0.3) is 0 Å². The molecule has 1 fully saturated rings. The molecule has 1 aliphatic rings. The van der Waals surface area contributed by atoms with Crippen LogP contribution >= 0.6 is 23.2 Å². The van der Waals surface area contributed by atoms with Crippen LogP contribution in [0.15, 0.2) is 49.1 Å². The van der Waals surface area contributed by atoms with E-state index in [-0.39, 0.29) is 11.8 Å². The number of hydrogen-bond acceptors (Lipinski definition) is 5. The molecule has 1 saturated heterocycles. The molecule has 3 heterocycles. The third-order valence-corrected chi connectivity index (χ3v) is 5.09. The van der Waals surface area contributed by atoms with Gasteiger partial charge in [0.05, 0.1) is 5.92 Å².